The summed E-state index contributed by atoms with van der Waals surface area (Å²) in [6.07, 6.45) is 2.57. The van der Waals surface area contributed by atoms with Crippen molar-refractivity contribution in [2.24, 2.45) is 0 Å². The van der Waals surface area contributed by atoms with Gasteiger partial charge in [-0.1, -0.05) is 0 Å². The molecule has 4 nitrogen and oxygen atoms in total. The van der Waals surface area contributed by atoms with Gasteiger partial charge in [-0.25, -0.2) is 5.01 Å². The fourth-order valence-corrected chi connectivity index (χ4v) is 2.15. The Hall–Kier alpha value is -0.160. The van der Waals surface area contributed by atoms with Crippen molar-refractivity contribution in [1.29, 1.82) is 0 Å². The summed E-state index contributed by atoms with van der Waals surface area (Å²) in [6.45, 7) is 7.19. The smallest absolute Gasteiger partial charge is 0.0608 e. The Labute approximate surface area is 86.0 Å². The molecule has 82 valence electrons. The van der Waals surface area contributed by atoms with Gasteiger partial charge in [-0.15, -0.1) is 0 Å². The van der Waals surface area contributed by atoms with E-state index in [9.17, 15) is 0 Å². The second-order valence-corrected chi connectivity index (χ2v) is 4.22. The van der Waals surface area contributed by atoms with Gasteiger partial charge in [0.1, 0.15) is 0 Å². The molecule has 2 N–H and O–H groups in total. The number of hydrogen-bond donors (Lipinski definition) is 2. The van der Waals surface area contributed by atoms with Crippen molar-refractivity contribution in [3.8, 4) is 0 Å². The van der Waals surface area contributed by atoms with Crippen molar-refractivity contribution < 1.29 is 4.74 Å². The molecular weight excluding hydrogens is 178 g/mol. The van der Waals surface area contributed by atoms with E-state index in [0.717, 1.165) is 26.3 Å². The van der Waals surface area contributed by atoms with Crippen molar-refractivity contribution in [2.45, 2.75) is 31.8 Å². The molecule has 0 bridgehead atoms. The highest BCUT2D eigenvalue weighted by atomic mass is 16.5. The Morgan fingerprint density at radius 1 is 1.36 bits per heavy atom. The van der Waals surface area contributed by atoms with Crippen LogP contribution in [-0.4, -0.2) is 49.9 Å². The van der Waals surface area contributed by atoms with E-state index in [0.29, 0.717) is 12.1 Å². The van der Waals surface area contributed by atoms with E-state index >= 15 is 0 Å². The summed E-state index contributed by atoms with van der Waals surface area (Å²) in [5, 5.41) is 5.80. The fraction of sp³-hybridized carbons (Fsp3) is 1.00. The number of rotatable bonds is 2. The van der Waals surface area contributed by atoms with Gasteiger partial charge in [0.25, 0.3) is 0 Å². The second kappa shape index (κ2) is 5.07. The quantitative estimate of drug-likeness (QED) is 0.654. The van der Waals surface area contributed by atoms with Crippen LogP contribution in [0.2, 0.25) is 0 Å². The first kappa shape index (κ1) is 10.4. The average Bonchev–Trinajstić information content (AvgIpc) is 2.23. The van der Waals surface area contributed by atoms with Crippen LogP contribution in [-0.2, 0) is 4.74 Å². The number of nitrogens with one attached hydrogen (secondary N) is 2. The molecule has 0 aromatic rings. The number of morpholine rings is 1. The summed E-state index contributed by atoms with van der Waals surface area (Å²) < 4.78 is 5.32. The minimum atomic E-state index is 0.589. The number of nitrogens with zero attached hydrogens (tertiary/aromatic N) is 1. The van der Waals surface area contributed by atoms with Crippen molar-refractivity contribution in [3.05, 3.63) is 0 Å². The number of ether oxygens (including phenoxy) is 1. The lowest BCUT2D eigenvalue weighted by molar-refractivity contribution is -0.00204. The zero-order chi connectivity index (χ0) is 9.80. The predicted octanol–water partition coefficient (Wildman–Crippen LogP) is -0.0363. The summed E-state index contributed by atoms with van der Waals surface area (Å²) in [7, 11) is 0. The maximum atomic E-state index is 5.32. The van der Waals surface area contributed by atoms with Gasteiger partial charge < -0.3 is 10.1 Å². The van der Waals surface area contributed by atoms with Gasteiger partial charge in [0.15, 0.2) is 0 Å². The van der Waals surface area contributed by atoms with Crippen LogP contribution >= 0.6 is 0 Å². The van der Waals surface area contributed by atoms with Gasteiger partial charge in [0, 0.05) is 25.2 Å². The Bertz CT molecular complexity index is 171. The summed E-state index contributed by atoms with van der Waals surface area (Å²) in [4.78, 5) is 0. The molecule has 2 aliphatic heterocycles. The standard InChI is InChI=1S/C10H21N3O/c1-9-10(3-2-4-11-9)12-13-5-7-14-8-6-13/h9-12H,2-8H2,1H3. The zero-order valence-electron chi connectivity index (χ0n) is 8.96. The van der Waals surface area contributed by atoms with Crippen LogP contribution in [0.4, 0.5) is 0 Å². The van der Waals surface area contributed by atoms with Crippen LogP contribution in [0.3, 0.4) is 0 Å². The summed E-state index contributed by atoms with van der Waals surface area (Å²) in [6, 6.07) is 1.19. The number of piperidine rings is 1. The largest absolute Gasteiger partial charge is 0.379 e. The number of hydrazine groups is 1. The van der Waals surface area contributed by atoms with E-state index in [1.807, 2.05) is 0 Å². The molecule has 0 aliphatic carbocycles. The highest BCUT2D eigenvalue weighted by molar-refractivity contribution is 4.82. The minimum Gasteiger partial charge on any atom is -0.379 e. The van der Waals surface area contributed by atoms with E-state index in [-0.39, 0.29) is 0 Å². The molecule has 2 aliphatic rings. The molecule has 2 atom stereocenters. The third kappa shape index (κ3) is 2.67. The Balaban J connectivity index is 1.76. The highest BCUT2D eigenvalue weighted by Crippen LogP contribution is 2.09. The molecule has 2 unspecified atom stereocenters. The van der Waals surface area contributed by atoms with Gasteiger partial charge >= 0.3 is 0 Å². The summed E-state index contributed by atoms with van der Waals surface area (Å²) in [5.41, 5.74) is 3.60. The molecule has 2 rings (SSSR count). The fourth-order valence-electron chi connectivity index (χ4n) is 2.15. The average molecular weight is 199 g/mol. The van der Waals surface area contributed by atoms with Crippen LogP contribution in [0, 0.1) is 0 Å². The molecule has 14 heavy (non-hydrogen) atoms. The van der Waals surface area contributed by atoms with E-state index in [2.05, 4.69) is 22.7 Å². The van der Waals surface area contributed by atoms with Crippen molar-refractivity contribution in [3.63, 3.8) is 0 Å². The topological polar surface area (TPSA) is 36.5 Å². The summed E-state index contributed by atoms with van der Waals surface area (Å²) in [5.74, 6) is 0. The third-order valence-electron chi connectivity index (χ3n) is 3.12. The first-order valence-electron chi connectivity index (χ1n) is 5.68. The maximum Gasteiger partial charge on any atom is 0.0608 e. The second-order valence-electron chi connectivity index (χ2n) is 4.22. The minimum absolute atomic E-state index is 0.589. The SMILES string of the molecule is CC1NCCCC1NN1CCOCC1. The lowest BCUT2D eigenvalue weighted by Crippen LogP contribution is -2.57. The predicted molar refractivity (Wildman–Crippen MR) is 56.0 cm³/mol. The van der Waals surface area contributed by atoms with Crippen LogP contribution < -0.4 is 10.7 Å². The molecule has 0 amide bonds. The lowest BCUT2D eigenvalue weighted by Gasteiger charge is -2.37. The number of hydrogen-bond acceptors (Lipinski definition) is 4. The van der Waals surface area contributed by atoms with Gasteiger partial charge in [0.05, 0.1) is 13.2 Å². The molecule has 0 aromatic heterocycles. The van der Waals surface area contributed by atoms with Gasteiger partial charge in [-0.2, -0.15) is 0 Å². The van der Waals surface area contributed by atoms with E-state index in [4.69, 9.17) is 4.74 Å². The van der Waals surface area contributed by atoms with E-state index in [1.54, 1.807) is 0 Å². The normalized spacial score (nSPS) is 35.8. The van der Waals surface area contributed by atoms with Gasteiger partial charge in [0.2, 0.25) is 0 Å². The molecular formula is C10H21N3O. The van der Waals surface area contributed by atoms with Crippen LogP contribution in [0.5, 0.6) is 0 Å². The highest BCUT2D eigenvalue weighted by Gasteiger charge is 2.23. The molecule has 2 saturated heterocycles. The molecule has 0 aromatic carbocycles. The van der Waals surface area contributed by atoms with Crippen molar-refractivity contribution >= 4 is 0 Å². The van der Waals surface area contributed by atoms with Crippen molar-refractivity contribution in [1.82, 2.24) is 15.8 Å². The summed E-state index contributed by atoms with van der Waals surface area (Å²) >= 11 is 0. The molecule has 2 heterocycles. The monoisotopic (exact) mass is 199 g/mol. The first-order chi connectivity index (χ1) is 6.86. The molecule has 2 fully saturated rings. The van der Waals surface area contributed by atoms with Crippen LogP contribution in [0.1, 0.15) is 19.8 Å². The Kier molecular flexibility index (Phi) is 3.75. The Morgan fingerprint density at radius 3 is 2.86 bits per heavy atom. The molecule has 0 radical (unpaired) electrons. The van der Waals surface area contributed by atoms with Crippen molar-refractivity contribution in [2.75, 3.05) is 32.8 Å². The van der Waals surface area contributed by atoms with Crippen LogP contribution in [0.25, 0.3) is 0 Å². The Morgan fingerprint density at radius 2 is 2.14 bits per heavy atom. The first-order valence-corrected chi connectivity index (χ1v) is 5.68. The third-order valence-corrected chi connectivity index (χ3v) is 3.12. The van der Waals surface area contributed by atoms with E-state index in [1.165, 1.54) is 19.4 Å². The van der Waals surface area contributed by atoms with Gasteiger partial charge in [-0.3, -0.25) is 5.43 Å². The zero-order valence-corrected chi connectivity index (χ0v) is 8.96. The molecule has 0 spiro atoms. The molecule has 4 heteroatoms. The molecule has 0 saturated carbocycles. The van der Waals surface area contributed by atoms with Crippen LogP contribution in [0.15, 0.2) is 0 Å². The lowest BCUT2D eigenvalue weighted by atomic mass is 10.0. The van der Waals surface area contributed by atoms with E-state index < -0.39 is 0 Å². The van der Waals surface area contributed by atoms with Gasteiger partial charge in [-0.05, 0) is 26.3 Å². The maximum absolute atomic E-state index is 5.32.